The zero-order valence-electron chi connectivity index (χ0n) is 17.8. The lowest BCUT2D eigenvalue weighted by molar-refractivity contribution is -0.126. The molecule has 0 unspecified atom stereocenters. The molecule has 29 heavy (non-hydrogen) atoms. The van der Waals surface area contributed by atoms with E-state index in [2.05, 4.69) is 5.32 Å². The van der Waals surface area contributed by atoms with Gasteiger partial charge in [-0.3, -0.25) is 4.79 Å². The summed E-state index contributed by atoms with van der Waals surface area (Å²) in [6, 6.07) is 0. The third kappa shape index (κ3) is 21.4. The molecule has 0 aromatic heterocycles. The first kappa shape index (κ1) is 27.9. The van der Waals surface area contributed by atoms with Crippen molar-refractivity contribution in [1.29, 1.82) is 0 Å². The summed E-state index contributed by atoms with van der Waals surface area (Å²) in [6.07, 6.45) is 0.902. The SMILES string of the molecule is CC(C)(C=O)NC(=O)CCOCCOCCOCCOCCOCCOCCN. The van der Waals surface area contributed by atoms with Gasteiger partial charge >= 0.3 is 0 Å². The number of ether oxygens (including phenoxy) is 6. The molecule has 10 heteroatoms. The minimum Gasteiger partial charge on any atom is -0.379 e. The molecular formula is C19H38N2O8. The summed E-state index contributed by atoms with van der Waals surface area (Å²) in [5.74, 6) is -0.221. The molecule has 0 aliphatic carbocycles. The van der Waals surface area contributed by atoms with Crippen molar-refractivity contribution < 1.29 is 38.0 Å². The Kier molecular flexibility index (Phi) is 19.4. The molecule has 0 heterocycles. The summed E-state index contributed by atoms with van der Waals surface area (Å²) in [7, 11) is 0. The maximum absolute atomic E-state index is 11.6. The Morgan fingerprint density at radius 3 is 1.41 bits per heavy atom. The molecule has 0 saturated carbocycles. The number of carbonyl (C=O) groups is 2. The molecule has 0 rings (SSSR count). The Hall–Kier alpha value is -1.14. The van der Waals surface area contributed by atoms with E-state index >= 15 is 0 Å². The minimum atomic E-state index is -0.848. The number of hydrogen-bond donors (Lipinski definition) is 2. The van der Waals surface area contributed by atoms with Gasteiger partial charge in [-0.1, -0.05) is 0 Å². The molecule has 1 amide bonds. The van der Waals surface area contributed by atoms with Crippen molar-refractivity contribution >= 4 is 12.2 Å². The van der Waals surface area contributed by atoms with E-state index in [4.69, 9.17) is 34.2 Å². The van der Waals surface area contributed by atoms with Crippen molar-refractivity contribution in [2.45, 2.75) is 25.8 Å². The Balaban J connectivity index is 3.17. The van der Waals surface area contributed by atoms with Crippen molar-refractivity contribution in [1.82, 2.24) is 5.32 Å². The van der Waals surface area contributed by atoms with Crippen LogP contribution in [0.25, 0.3) is 0 Å². The first-order valence-electron chi connectivity index (χ1n) is 9.95. The third-order valence-electron chi connectivity index (χ3n) is 3.35. The molecule has 172 valence electrons. The van der Waals surface area contributed by atoms with Gasteiger partial charge in [-0.15, -0.1) is 0 Å². The topological polar surface area (TPSA) is 128 Å². The fraction of sp³-hybridized carbons (Fsp3) is 0.895. The van der Waals surface area contributed by atoms with Crippen LogP contribution in [-0.4, -0.2) is 104 Å². The normalized spacial score (nSPS) is 11.6. The van der Waals surface area contributed by atoms with E-state index in [0.717, 1.165) is 0 Å². The predicted octanol–water partition coefficient (Wildman–Crippen LogP) is -0.471. The summed E-state index contributed by atoms with van der Waals surface area (Å²) in [4.78, 5) is 22.3. The standard InChI is InChI=1S/C19H38N2O8/c1-19(2,17-22)21-18(23)3-5-24-7-9-26-11-13-28-15-16-29-14-12-27-10-8-25-6-4-20/h17H,3-16,20H2,1-2H3,(H,21,23). The molecule has 0 aromatic carbocycles. The molecule has 0 saturated heterocycles. The summed E-state index contributed by atoms with van der Waals surface area (Å²) in [6.45, 7) is 9.48. The molecule has 0 aromatic rings. The van der Waals surface area contributed by atoms with Crippen molar-refractivity contribution in [3.05, 3.63) is 0 Å². The summed E-state index contributed by atoms with van der Waals surface area (Å²) < 4.78 is 31.9. The van der Waals surface area contributed by atoms with Crippen LogP contribution in [0.5, 0.6) is 0 Å². The largest absolute Gasteiger partial charge is 0.379 e. The zero-order valence-corrected chi connectivity index (χ0v) is 17.8. The first-order valence-corrected chi connectivity index (χ1v) is 9.95. The van der Waals surface area contributed by atoms with Crippen molar-refractivity contribution in [3.8, 4) is 0 Å². The van der Waals surface area contributed by atoms with E-state index in [9.17, 15) is 9.59 Å². The summed E-state index contributed by atoms with van der Waals surface area (Å²) in [5, 5.41) is 2.60. The third-order valence-corrected chi connectivity index (χ3v) is 3.35. The average molecular weight is 423 g/mol. The highest BCUT2D eigenvalue weighted by atomic mass is 16.6. The molecule has 3 N–H and O–H groups in total. The highest BCUT2D eigenvalue weighted by molar-refractivity contribution is 5.81. The molecule has 0 aliphatic heterocycles. The Morgan fingerprint density at radius 1 is 0.724 bits per heavy atom. The number of nitrogens with two attached hydrogens (primary N) is 1. The van der Waals surface area contributed by atoms with Crippen LogP contribution in [0.3, 0.4) is 0 Å². The molecule has 0 fully saturated rings. The van der Waals surface area contributed by atoms with Gasteiger partial charge in [-0.05, 0) is 13.8 Å². The molecule has 0 spiro atoms. The van der Waals surface area contributed by atoms with Crippen molar-refractivity contribution in [2.24, 2.45) is 5.73 Å². The summed E-state index contributed by atoms with van der Waals surface area (Å²) in [5.41, 5.74) is 4.45. The Bertz CT molecular complexity index is 396. The van der Waals surface area contributed by atoms with Crippen LogP contribution in [0, 0.1) is 0 Å². The second kappa shape index (κ2) is 20.1. The molecular weight excluding hydrogens is 384 g/mol. The number of nitrogens with one attached hydrogen (secondary N) is 1. The van der Waals surface area contributed by atoms with Crippen LogP contribution in [0.1, 0.15) is 20.3 Å². The van der Waals surface area contributed by atoms with Crippen LogP contribution in [-0.2, 0) is 38.0 Å². The number of carbonyl (C=O) groups excluding carboxylic acids is 2. The number of rotatable bonds is 22. The number of amides is 1. The lowest BCUT2D eigenvalue weighted by Crippen LogP contribution is -2.44. The van der Waals surface area contributed by atoms with Gasteiger partial charge in [0.2, 0.25) is 5.91 Å². The lowest BCUT2D eigenvalue weighted by atomic mass is 10.1. The average Bonchev–Trinajstić information content (AvgIpc) is 2.69. The maximum atomic E-state index is 11.6. The fourth-order valence-corrected chi connectivity index (χ4v) is 1.90. The molecule has 0 bridgehead atoms. The second-order valence-electron chi connectivity index (χ2n) is 6.60. The Morgan fingerprint density at radius 2 is 1.07 bits per heavy atom. The minimum absolute atomic E-state index is 0.202. The van der Waals surface area contributed by atoms with E-state index in [-0.39, 0.29) is 18.9 Å². The molecule has 10 nitrogen and oxygen atoms in total. The van der Waals surface area contributed by atoms with Crippen LogP contribution < -0.4 is 11.1 Å². The zero-order chi connectivity index (χ0) is 21.6. The van der Waals surface area contributed by atoms with Gasteiger partial charge in [0.05, 0.1) is 84.8 Å². The maximum Gasteiger partial charge on any atom is 0.223 e. The van der Waals surface area contributed by atoms with E-state index in [0.29, 0.717) is 85.5 Å². The van der Waals surface area contributed by atoms with E-state index < -0.39 is 5.54 Å². The van der Waals surface area contributed by atoms with Gasteiger partial charge in [0.1, 0.15) is 6.29 Å². The molecule has 0 aliphatic rings. The molecule has 0 atom stereocenters. The van der Waals surface area contributed by atoms with Crippen molar-refractivity contribution in [2.75, 3.05) is 85.8 Å². The van der Waals surface area contributed by atoms with Crippen LogP contribution in [0.4, 0.5) is 0 Å². The van der Waals surface area contributed by atoms with Crippen LogP contribution >= 0.6 is 0 Å². The van der Waals surface area contributed by atoms with Gasteiger partial charge in [0.15, 0.2) is 0 Å². The Labute approximate surface area is 173 Å². The highest BCUT2D eigenvalue weighted by Crippen LogP contribution is 1.97. The smallest absolute Gasteiger partial charge is 0.223 e. The van der Waals surface area contributed by atoms with E-state index in [1.807, 2.05) is 0 Å². The van der Waals surface area contributed by atoms with Gasteiger partial charge in [0, 0.05) is 13.0 Å². The second-order valence-corrected chi connectivity index (χ2v) is 6.60. The monoisotopic (exact) mass is 422 g/mol. The van der Waals surface area contributed by atoms with Crippen LogP contribution in [0.2, 0.25) is 0 Å². The van der Waals surface area contributed by atoms with Gasteiger partial charge in [-0.2, -0.15) is 0 Å². The molecule has 0 radical (unpaired) electrons. The highest BCUT2D eigenvalue weighted by Gasteiger charge is 2.18. The number of aldehydes is 1. The predicted molar refractivity (Wildman–Crippen MR) is 107 cm³/mol. The van der Waals surface area contributed by atoms with E-state index in [1.54, 1.807) is 13.8 Å². The van der Waals surface area contributed by atoms with E-state index in [1.165, 1.54) is 0 Å². The number of hydrogen-bond acceptors (Lipinski definition) is 9. The summed E-state index contributed by atoms with van der Waals surface area (Å²) >= 11 is 0. The van der Waals surface area contributed by atoms with Gasteiger partial charge < -0.3 is 44.3 Å². The quantitative estimate of drug-likeness (QED) is 0.176. The van der Waals surface area contributed by atoms with Crippen LogP contribution in [0.15, 0.2) is 0 Å². The van der Waals surface area contributed by atoms with Gasteiger partial charge in [-0.25, -0.2) is 0 Å². The van der Waals surface area contributed by atoms with Gasteiger partial charge in [0.25, 0.3) is 0 Å². The van der Waals surface area contributed by atoms with Crippen molar-refractivity contribution in [3.63, 3.8) is 0 Å². The lowest BCUT2D eigenvalue weighted by Gasteiger charge is -2.18. The first-order chi connectivity index (χ1) is 14.0. The fourth-order valence-electron chi connectivity index (χ4n) is 1.90.